The summed E-state index contributed by atoms with van der Waals surface area (Å²) in [5.74, 6) is 0. The molecule has 0 unspecified atom stereocenters. The number of pyridine rings is 2. The van der Waals surface area contributed by atoms with Crippen molar-refractivity contribution in [1.29, 1.82) is 0 Å². The minimum Gasteiger partial charge on any atom is -0.254 e. The van der Waals surface area contributed by atoms with Gasteiger partial charge in [0.1, 0.15) is 0 Å². The predicted octanol–water partition coefficient (Wildman–Crippen LogP) is 3.19. The third-order valence-electron chi connectivity index (χ3n) is 3.41. The van der Waals surface area contributed by atoms with Crippen LogP contribution in [0.4, 0.5) is 0 Å². The molecule has 4 bridgehead atoms. The van der Waals surface area contributed by atoms with Crippen molar-refractivity contribution in [2.75, 3.05) is 0 Å². The molecule has 0 saturated carbocycles. The molecule has 0 fully saturated rings. The van der Waals surface area contributed by atoms with Crippen LogP contribution in [0.2, 0.25) is 0 Å². The second-order valence-electron chi connectivity index (χ2n) is 4.56. The van der Waals surface area contributed by atoms with Gasteiger partial charge < -0.3 is 0 Å². The van der Waals surface area contributed by atoms with Gasteiger partial charge in [0, 0.05) is 11.9 Å². The SMILES string of the molecule is CCc1cnc2cc1CCCc1cccc-2n1. The fourth-order valence-corrected chi connectivity index (χ4v) is 2.44. The maximum Gasteiger partial charge on any atom is 0.0889 e. The van der Waals surface area contributed by atoms with Crippen molar-refractivity contribution in [2.24, 2.45) is 0 Å². The van der Waals surface area contributed by atoms with Gasteiger partial charge in [0.05, 0.1) is 11.4 Å². The molecule has 2 heteroatoms. The highest BCUT2D eigenvalue weighted by atomic mass is 14.8. The van der Waals surface area contributed by atoms with Gasteiger partial charge in [-0.25, -0.2) is 0 Å². The zero-order chi connectivity index (χ0) is 11.7. The van der Waals surface area contributed by atoms with Crippen molar-refractivity contribution >= 4 is 0 Å². The van der Waals surface area contributed by atoms with Gasteiger partial charge in [-0.2, -0.15) is 0 Å². The van der Waals surface area contributed by atoms with E-state index in [4.69, 9.17) is 0 Å². The lowest BCUT2D eigenvalue weighted by molar-refractivity contribution is 0.796. The van der Waals surface area contributed by atoms with E-state index in [9.17, 15) is 0 Å². The number of fused-ring (bicyclic) bond motifs is 5. The molecule has 3 heterocycles. The van der Waals surface area contributed by atoms with E-state index in [0.29, 0.717) is 0 Å². The summed E-state index contributed by atoms with van der Waals surface area (Å²) in [7, 11) is 0. The van der Waals surface area contributed by atoms with Crippen molar-refractivity contribution < 1.29 is 0 Å². The minimum atomic E-state index is 1.01. The van der Waals surface area contributed by atoms with E-state index in [1.165, 1.54) is 23.2 Å². The largest absolute Gasteiger partial charge is 0.254 e. The maximum atomic E-state index is 4.66. The van der Waals surface area contributed by atoms with E-state index in [2.05, 4.69) is 35.1 Å². The second-order valence-corrected chi connectivity index (χ2v) is 4.56. The summed E-state index contributed by atoms with van der Waals surface area (Å²) in [6.07, 6.45) is 6.46. The number of rotatable bonds is 1. The molecule has 0 radical (unpaired) electrons. The molecule has 0 amide bonds. The molecule has 0 spiro atoms. The highest BCUT2D eigenvalue weighted by Gasteiger charge is 2.10. The van der Waals surface area contributed by atoms with Crippen LogP contribution in [0, 0.1) is 0 Å². The molecular formula is C15H16N2. The zero-order valence-electron chi connectivity index (χ0n) is 10.1. The number of aryl methyl sites for hydroxylation is 3. The van der Waals surface area contributed by atoms with Crippen LogP contribution in [0.3, 0.4) is 0 Å². The first-order valence-electron chi connectivity index (χ1n) is 6.31. The molecule has 0 saturated heterocycles. The van der Waals surface area contributed by atoms with Crippen LogP contribution in [-0.2, 0) is 19.3 Å². The van der Waals surface area contributed by atoms with Crippen molar-refractivity contribution in [3.63, 3.8) is 0 Å². The summed E-state index contributed by atoms with van der Waals surface area (Å²) < 4.78 is 0. The summed E-state index contributed by atoms with van der Waals surface area (Å²) in [6, 6.07) is 8.46. The summed E-state index contributed by atoms with van der Waals surface area (Å²) in [5, 5.41) is 0. The number of hydrogen-bond acceptors (Lipinski definition) is 2. The molecule has 2 nitrogen and oxygen atoms in total. The molecular weight excluding hydrogens is 208 g/mol. The Kier molecular flexibility index (Phi) is 2.63. The smallest absolute Gasteiger partial charge is 0.0889 e. The third kappa shape index (κ3) is 1.95. The lowest BCUT2D eigenvalue weighted by Crippen LogP contribution is -1.96. The number of hydrogen-bond donors (Lipinski definition) is 0. The quantitative estimate of drug-likeness (QED) is 0.743. The Morgan fingerprint density at radius 3 is 3.00 bits per heavy atom. The van der Waals surface area contributed by atoms with E-state index >= 15 is 0 Å². The highest BCUT2D eigenvalue weighted by Crippen LogP contribution is 2.22. The lowest BCUT2D eigenvalue weighted by atomic mass is 10.0. The van der Waals surface area contributed by atoms with E-state index in [1.54, 1.807) is 0 Å². The molecule has 1 aliphatic heterocycles. The Bertz CT molecular complexity index is 546. The lowest BCUT2D eigenvalue weighted by Gasteiger charge is -2.07. The fourth-order valence-electron chi connectivity index (χ4n) is 2.44. The van der Waals surface area contributed by atoms with Gasteiger partial charge in [-0.05, 0) is 55.0 Å². The van der Waals surface area contributed by atoms with Gasteiger partial charge >= 0.3 is 0 Å². The van der Waals surface area contributed by atoms with Crippen LogP contribution in [-0.4, -0.2) is 9.97 Å². The molecule has 1 aliphatic rings. The molecule has 86 valence electrons. The normalized spacial score (nSPS) is 13.7. The van der Waals surface area contributed by atoms with Crippen LogP contribution in [0.1, 0.15) is 30.2 Å². The molecule has 0 aliphatic carbocycles. The Hall–Kier alpha value is -1.70. The molecule has 0 aromatic carbocycles. The first kappa shape index (κ1) is 10.5. The van der Waals surface area contributed by atoms with E-state index in [-0.39, 0.29) is 0 Å². The number of aromatic nitrogens is 2. The van der Waals surface area contributed by atoms with Gasteiger partial charge in [0.2, 0.25) is 0 Å². The molecule has 17 heavy (non-hydrogen) atoms. The van der Waals surface area contributed by atoms with Crippen LogP contribution in [0.25, 0.3) is 11.4 Å². The average molecular weight is 224 g/mol. The van der Waals surface area contributed by atoms with E-state index in [1.807, 2.05) is 12.3 Å². The molecule has 0 atom stereocenters. The van der Waals surface area contributed by atoms with Crippen LogP contribution < -0.4 is 0 Å². The van der Waals surface area contributed by atoms with E-state index < -0.39 is 0 Å². The monoisotopic (exact) mass is 224 g/mol. The number of nitrogens with zero attached hydrogens (tertiary/aromatic N) is 2. The zero-order valence-corrected chi connectivity index (χ0v) is 10.1. The van der Waals surface area contributed by atoms with Gasteiger partial charge in [0.15, 0.2) is 0 Å². The first-order valence-corrected chi connectivity index (χ1v) is 6.31. The Morgan fingerprint density at radius 1 is 1.18 bits per heavy atom. The van der Waals surface area contributed by atoms with Crippen LogP contribution >= 0.6 is 0 Å². The summed E-state index contributed by atoms with van der Waals surface area (Å²) in [6.45, 7) is 2.19. The summed E-state index contributed by atoms with van der Waals surface area (Å²) >= 11 is 0. The van der Waals surface area contributed by atoms with E-state index in [0.717, 1.165) is 30.7 Å². The molecule has 2 aromatic rings. The van der Waals surface area contributed by atoms with Gasteiger partial charge in [-0.15, -0.1) is 0 Å². The van der Waals surface area contributed by atoms with Gasteiger partial charge in [-0.3, -0.25) is 9.97 Å². The first-order chi connectivity index (χ1) is 8.36. The Balaban J connectivity index is 2.17. The van der Waals surface area contributed by atoms with Crippen molar-refractivity contribution in [1.82, 2.24) is 9.97 Å². The van der Waals surface area contributed by atoms with Crippen molar-refractivity contribution in [2.45, 2.75) is 32.6 Å². The van der Waals surface area contributed by atoms with Gasteiger partial charge in [-0.1, -0.05) is 13.0 Å². The molecule has 0 N–H and O–H groups in total. The van der Waals surface area contributed by atoms with Gasteiger partial charge in [0.25, 0.3) is 0 Å². The van der Waals surface area contributed by atoms with Crippen LogP contribution in [0.5, 0.6) is 0 Å². The standard InChI is InChI=1S/C15H16N2/c1-2-11-10-16-15-9-12(11)5-3-6-13-7-4-8-14(15)17-13/h4,7-10H,2-3,5-6H2,1H3. The second kappa shape index (κ2) is 4.28. The van der Waals surface area contributed by atoms with Crippen LogP contribution in [0.15, 0.2) is 30.5 Å². The molecule has 2 aromatic heterocycles. The summed E-state index contributed by atoms with van der Waals surface area (Å²) in [5.41, 5.74) is 6.03. The third-order valence-corrected chi connectivity index (χ3v) is 3.41. The van der Waals surface area contributed by atoms with Crippen molar-refractivity contribution in [3.05, 3.63) is 47.3 Å². The summed E-state index contributed by atoms with van der Waals surface area (Å²) in [4.78, 5) is 9.19. The predicted molar refractivity (Wildman–Crippen MR) is 68.9 cm³/mol. The Morgan fingerprint density at radius 2 is 2.12 bits per heavy atom. The topological polar surface area (TPSA) is 25.8 Å². The highest BCUT2D eigenvalue weighted by molar-refractivity contribution is 5.56. The average Bonchev–Trinajstić information content (AvgIpc) is 2.42. The maximum absolute atomic E-state index is 4.66. The fraction of sp³-hybridized carbons (Fsp3) is 0.333. The van der Waals surface area contributed by atoms with Crippen molar-refractivity contribution in [3.8, 4) is 11.4 Å². The minimum absolute atomic E-state index is 1.01. The Labute approximate surface area is 102 Å². The molecule has 3 rings (SSSR count).